The van der Waals surface area contributed by atoms with Crippen molar-refractivity contribution in [1.29, 1.82) is 0 Å². The lowest BCUT2D eigenvalue weighted by atomic mass is 10.0. The van der Waals surface area contributed by atoms with Crippen LogP contribution in [-0.4, -0.2) is 13.7 Å². The Morgan fingerprint density at radius 1 is 0.351 bits per heavy atom. The fraction of sp³-hybridized carbons (Fsp3) is 0.239. The minimum absolute atomic E-state index is 0.695. The van der Waals surface area contributed by atoms with Gasteiger partial charge in [0.1, 0.15) is 11.5 Å². The van der Waals surface area contributed by atoms with E-state index in [2.05, 4.69) is 237 Å². The van der Waals surface area contributed by atoms with Gasteiger partial charge < -0.3 is 14.4 Å². The number of aryl methyl sites for hydroxylation is 1. The largest absolute Gasteiger partial charge is 0.496 e. The molecule has 0 fully saturated rings. The monoisotopic (exact) mass is 974 g/mol. The standard InChI is InChI=1S/C71H75NO2/c1-4-6-8-10-11-12-13-21-53-74-71-55-65(70(73-3)54-66(71)42-33-57-24-19-15-20-25-57)41-34-60-31-39-62(40-32-60)64-45-51-69(52-46-64)72(67-47-35-58(36-48-67)26-16-9-7-5-2)68-49-43-63(44-50-68)61-37-29-59(30-38-61)28-27-56-22-17-14-18-23-56/h14-15,17-20,22-25,27-52,54-55H,4-13,16,21,26,53H2,1-3H3. The van der Waals surface area contributed by atoms with Gasteiger partial charge in [-0.2, -0.15) is 0 Å². The summed E-state index contributed by atoms with van der Waals surface area (Å²) >= 11 is 0. The van der Waals surface area contributed by atoms with Crippen LogP contribution < -0.4 is 14.4 Å². The Morgan fingerprint density at radius 2 is 0.716 bits per heavy atom. The van der Waals surface area contributed by atoms with E-state index in [1.165, 1.54) is 110 Å². The SMILES string of the molecule is CCCCCCCCCCOc1cc(C=Cc2ccc(-c3ccc(N(c4ccc(CCCCCC)cc4)c4ccc(-c5ccc(C=Cc6ccccc6)cc5)cc4)cc3)cc2)c(OC)cc1C=Cc1ccccc1. The average Bonchev–Trinajstić information content (AvgIpc) is 3.46. The number of hydrogen-bond acceptors (Lipinski definition) is 3. The lowest BCUT2D eigenvalue weighted by Gasteiger charge is -2.26. The summed E-state index contributed by atoms with van der Waals surface area (Å²) in [4.78, 5) is 2.37. The highest BCUT2D eigenvalue weighted by molar-refractivity contribution is 5.82. The number of ether oxygens (including phenoxy) is 2. The minimum Gasteiger partial charge on any atom is -0.496 e. The summed E-state index contributed by atoms with van der Waals surface area (Å²) in [6.45, 7) is 5.24. The molecule has 0 bridgehead atoms. The summed E-state index contributed by atoms with van der Waals surface area (Å²) in [5, 5.41) is 0. The van der Waals surface area contributed by atoms with Gasteiger partial charge in [-0.1, -0.05) is 260 Å². The van der Waals surface area contributed by atoms with Gasteiger partial charge in [0.15, 0.2) is 0 Å². The molecule has 0 aliphatic carbocycles. The fourth-order valence-corrected chi connectivity index (χ4v) is 9.46. The molecule has 3 nitrogen and oxygen atoms in total. The Balaban J connectivity index is 0.974. The van der Waals surface area contributed by atoms with Gasteiger partial charge in [0, 0.05) is 28.2 Å². The van der Waals surface area contributed by atoms with Crippen molar-refractivity contribution in [1.82, 2.24) is 0 Å². The molecule has 0 radical (unpaired) electrons. The second-order valence-electron chi connectivity index (χ2n) is 19.4. The van der Waals surface area contributed by atoms with E-state index in [-0.39, 0.29) is 0 Å². The Labute approximate surface area is 443 Å². The van der Waals surface area contributed by atoms with E-state index in [1.54, 1.807) is 7.11 Å². The lowest BCUT2D eigenvalue weighted by Crippen LogP contribution is -2.10. The van der Waals surface area contributed by atoms with E-state index < -0.39 is 0 Å². The molecule has 8 aromatic rings. The predicted molar refractivity (Wildman–Crippen MR) is 321 cm³/mol. The summed E-state index contributed by atoms with van der Waals surface area (Å²) in [5.74, 6) is 1.69. The third kappa shape index (κ3) is 15.7. The van der Waals surface area contributed by atoms with Crippen molar-refractivity contribution in [2.45, 2.75) is 97.3 Å². The Kier molecular flexibility index (Phi) is 20.3. The summed E-state index contributed by atoms with van der Waals surface area (Å²) in [7, 11) is 1.74. The van der Waals surface area contributed by atoms with E-state index in [0.29, 0.717) is 6.61 Å². The number of hydrogen-bond donors (Lipinski definition) is 0. The van der Waals surface area contributed by atoms with Crippen LogP contribution in [-0.2, 0) is 6.42 Å². The first-order chi connectivity index (χ1) is 36.6. The zero-order chi connectivity index (χ0) is 51.0. The van der Waals surface area contributed by atoms with Crippen LogP contribution in [0.25, 0.3) is 58.7 Å². The van der Waals surface area contributed by atoms with Gasteiger partial charge in [0.05, 0.1) is 13.7 Å². The summed E-state index contributed by atoms with van der Waals surface area (Å²) in [6.07, 6.45) is 29.2. The molecule has 0 N–H and O–H groups in total. The zero-order valence-corrected chi connectivity index (χ0v) is 44.1. The predicted octanol–water partition coefficient (Wildman–Crippen LogP) is 20.7. The van der Waals surface area contributed by atoms with Crippen molar-refractivity contribution >= 4 is 53.5 Å². The van der Waals surface area contributed by atoms with Crippen molar-refractivity contribution < 1.29 is 9.47 Å². The van der Waals surface area contributed by atoms with E-state index in [9.17, 15) is 0 Å². The van der Waals surface area contributed by atoms with Crippen LogP contribution in [0.3, 0.4) is 0 Å². The van der Waals surface area contributed by atoms with Gasteiger partial charge in [0.25, 0.3) is 0 Å². The minimum atomic E-state index is 0.695. The normalized spacial score (nSPS) is 11.5. The maximum Gasteiger partial charge on any atom is 0.127 e. The molecule has 0 unspecified atom stereocenters. The van der Waals surface area contributed by atoms with Crippen LogP contribution in [0.4, 0.5) is 17.1 Å². The molecule has 0 atom stereocenters. The molecule has 8 rings (SSSR count). The van der Waals surface area contributed by atoms with Crippen LogP contribution in [0, 0.1) is 0 Å². The topological polar surface area (TPSA) is 21.7 Å². The highest BCUT2D eigenvalue weighted by atomic mass is 16.5. The molecule has 74 heavy (non-hydrogen) atoms. The second-order valence-corrected chi connectivity index (χ2v) is 19.4. The van der Waals surface area contributed by atoms with Gasteiger partial charge in [0.2, 0.25) is 0 Å². The quantitative estimate of drug-likeness (QED) is 0.0379. The zero-order valence-electron chi connectivity index (χ0n) is 44.1. The summed E-state index contributed by atoms with van der Waals surface area (Å²) in [6, 6.07) is 69.8. The van der Waals surface area contributed by atoms with Crippen LogP contribution in [0.15, 0.2) is 194 Å². The van der Waals surface area contributed by atoms with Crippen LogP contribution in [0.2, 0.25) is 0 Å². The number of unbranched alkanes of at least 4 members (excludes halogenated alkanes) is 10. The third-order valence-electron chi connectivity index (χ3n) is 13.8. The van der Waals surface area contributed by atoms with Gasteiger partial charge in [-0.25, -0.2) is 0 Å². The van der Waals surface area contributed by atoms with Gasteiger partial charge in [-0.15, -0.1) is 0 Å². The smallest absolute Gasteiger partial charge is 0.127 e. The van der Waals surface area contributed by atoms with E-state index in [1.807, 2.05) is 12.1 Å². The van der Waals surface area contributed by atoms with Gasteiger partial charge in [-0.05, 0) is 118 Å². The van der Waals surface area contributed by atoms with Crippen molar-refractivity contribution in [3.05, 3.63) is 233 Å². The summed E-state index contributed by atoms with van der Waals surface area (Å²) < 4.78 is 12.5. The van der Waals surface area contributed by atoms with Crippen molar-refractivity contribution in [2.75, 3.05) is 18.6 Å². The van der Waals surface area contributed by atoms with Crippen molar-refractivity contribution in [3.63, 3.8) is 0 Å². The highest BCUT2D eigenvalue weighted by Gasteiger charge is 2.15. The Morgan fingerprint density at radius 3 is 1.18 bits per heavy atom. The van der Waals surface area contributed by atoms with Crippen LogP contribution >= 0.6 is 0 Å². The van der Waals surface area contributed by atoms with Crippen molar-refractivity contribution in [3.8, 4) is 33.8 Å². The first-order valence-corrected chi connectivity index (χ1v) is 27.4. The molecule has 0 saturated heterocycles. The van der Waals surface area contributed by atoms with Crippen LogP contribution in [0.1, 0.15) is 130 Å². The molecule has 0 heterocycles. The Bertz CT molecular complexity index is 2970. The molecule has 0 aromatic heterocycles. The maximum atomic E-state index is 6.52. The number of anilines is 3. The molecule has 0 saturated carbocycles. The van der Waals surface area contributed by atoms with E-state index in [0.717, 1.165) is 63.7 Å². The van der Waals surface area contributed by atoms with Crippen LogP contribution in [0.5, 0.6) is 11.5 Å². The molecule has 0 spiro atoms. The lowest BCUT2D eigenvalue weighted by molar-refractivity contribution is 0.303. The first-order valence-electron chi connectivity index (χ1n) is 27.4. The highest BCUT2D eigenvalue weighted by Crippen LogP contribution is 2.38. The van der Waals surface area contributed by atoms with Gasteiger partial charge >= 0.3 is 0 Å². The average molecular weight is 974 g/mol. The Hall–Kier alpha value is -7.62. The van der Waals surface area contributed by atoms with E-state index in [4.69, 9.17) is 9.47 Å². The second kappa shape index (κ2) is 28.6. The van der Waals surface area contributed by atoms with Gasteiger partial charge in [-0.3, -0.25) is 0 Å². The number of nitrogens with zero attached hydrogens (tertiary/aromatic N) is 1. The molecule has 376 valence electrons. The summed E-state index contributed by atoms with van der Waals surface area (Å²) in [5.41, 5.74) is 16.1. The fourth-order valence-electron chi connectivity index (χ4n) is 9.46. The number of benzene rings is 8. The molecule has 3 heteroatoms. The molecule has 0 aliphatic rings. The van der Waals surface area contributed by atoms with E-state index >= 15 is 0 Å². The molecular weight excluding hydrogens is 899 g/mol. The third-order valence-corrected chi connectivity index (χ3v) is 13.8. The number of methoxy groups -OCH3 is 1. The first kappa shape index (κ1) is 52.7. The molecule has 0 amide bonds. The molecule has 0 aliphatic heterocycles. The molecular formula is C71H75NO2. The maximum absolute atomic E-state index is 6.52. The molecule has 8 aromatic carbocycles. The number of rotatable bonds is 27. The van der Waals surface area contributed by atoms with Crippen molar-refractivity contribution in [2.24, 2.45) is 0 Å².